The van der Waals surface area contributed by atoms with Crippen LogP contribution in [0.15, 0.2) is 65.7 Å². The van der Waals surface area contributed by atoms with Crippen LogP contribution in [0.4, 0.5) is 5.82 Å². The van der Waals surface area contributed by atoms with Crippen molar-refractivity contribution in [2.24, 2.45) is 4.99 Å². The van der Waals surface area contributed by atoms with E-state index in [1.165, 1.54) is 5.56 Å². The first-order valence-corrected chi connectivity index (χ1v) is 10.8. The van der Waals surface area contributed by atoms with Crippen molar-refractivity contribution in [3.8, 4) is 11.8 Å². The summed E-state index contributed by atoms with van der Waals surface area (Å²) in [5.74, 6) is 1.13. The fraction of sp³-hybridized carbons (Fsp3) is 0.320. The van der Waals surface area contributed by atoms with Gasteiger partial charge >= 0.3 is 0 Å². The molecule has 0 radical (unpaired) electrons. The Hall–Kier alpha value is -3.79. The van der Waals surface area contributed by atoms with Crippen LogP contribution in [0.1, 0.15) is 37.1 Å². The molecule has 0 saturated carbocycles. The van der Waals surface area contributed by atoms with Gasteiger partial charge < -0.3 is 16.4 Å². The van der Waals surface area contributed by atoms with Gasteiger partial charge in [0.05, 0.1) is 11.4 Å². The summed E-state index contributed by atoms with van der Waals surface area (Å²) in [5.41, 5.74) is 9.43. The van der Waals surface area contributed by atoms with E-state index in [1.54, 1.807) is 11.7 Å². The van der Waals surface area contributed by atoms with E-state index in [0.717, 1.165) is 24.6 Å². The highest BCUT2D eigenvalue weighted by Crippen LogP contribution is 2.22. The third-order valence-corrected chi connectivity index (χ3v) is 5.47. The summed E-state index contributed by atoms with van der Waals surface area (Å²) in [5, 5.41) is 20.9. The summed E-state index contributed by atoms with van der Waals surface area (Å²) in [6.45, 7) is 5.88. The fourth-order valence-electron chi connectivity index (χ4n) is 3.52. The number of nitrogen functional groups attached to an aromatic ring is 1. The SMILES string of the molecule is CN=C(NCCCc1nn(-c2ccccc2)c(N)c1C#N)NCC(C)(C)c1ccccc1. The van der Waals surface area contributed by atoms with E-state index in [4.69, 9.17) is 5.73 Å². The summed E-state index contributed by atoms with van der Waals surface area (Å²) >= 11 is 0. The third kappa shape index (κ3) is 5.46. The number of rotatable bonds is 8. The molecule has 2 aromatic carbocycles. The molecule has 1 aromatic heterocycles. The first kappa shape index (κ1) is 22.9. The summed E-state index contributed by atoms with van der Waals surface area (Å²) < 4.78 is 1.63. The van der Waals surface area contributed by atoms with Crippen LogP contribution in [0.3, 0.4) is 0 Å². The van der Waals surface area contributed by atoms with Crippen LogP contribution < -0.4 is 16.4 Å². The number of hydrogen-bond donors (Lipinski definition) is 3. The van der Waals surface area contributed by atoms with Gasteiger partial charge in [0.2, 0.25) is 0 Å². The molecule has 166 valence electrons. The zero-order valence-electron chi connectivity index (χ0n) is 19.0. The molecule has 0 amide bonds. The number of aliphatic imine (C=N–C) groups is 1. The third-order valence-electron chi connectivity index (χ3n) is 5.47. The van der Waals surface area contributed by atoms with E-state index in [2.05, 4.69) is 64.9 Å². The van der Waals surface area contributed by atoms with E-state index in [1.807, 2.05) is 36.4 Å². The van der Waals surface area contributed by atoms with Gasteiger partial charge in [0.1, 0.15) is 17.5 Å². The van der Waals surface area contributed by atoms with Crippen molar-refractivity contribution in [2.75, 3.05) is 25.9 Å². The van der Waals surface area contributed by atoms with Crippen LogP contribution in [-0.2, 0) is 11.8 Å². The van der Waals surface area contributed by atoms with Gasteiger partial charge in [0, 0.05) is 25.6 Å². The van der Waals surface area contributed by atoms with Crippen LogP contribution in [-0.4, -0.2) is 35.9 Å². The zero-order chi connectivity index (χ0) is 23.0. The molecule has 7 nitrogen and oxygen atoms in total. The molecule has 0 atom stereocenters. The Morgan fingerprint density at radius 1 is 1.09 bits per heavy atom. The first-order chi connectivity index (χ1) is 15.5. The number of nitrogens with two attached hydrogens (primary N) is 1. The van der Waals surface area contributed by atoms with Gasteiger partial charge in [-0.05, 0) is 30.5 Å². The molecule has 4 N–H and O–H groups in total. The van der Waals surface area contributed by atoms with Crippen molar-refractivity contribution in [2.45, 2.75) is 32.1 Å². The van der Waals surface area contributed by atoms with Gasteiger partial charge in [-0.3, -0.25) is 4.99 Å². The lowest BCUT2D eigenvalue weighted by molar-refractivity contribution is 0.508. The Morgan fingerprint density at radius 2 is 1.75 bits per heavy atom. The second-order valence-electron chi connectivity index (χ2n) is 8.27. The Balaban J connectivity index is 1.54. The average Bonchev–Trinajstić information content (AvgIpc) is 3.14. The number of benzene rings is 2. The van der Waals surface area contributed by atoms with E-state index in [0.29, 0.717) is 30.0 Å². The molecule has 7 heteroatoms. The molecule has 3 aromatic rings. The highest BCUT2D eigenvalue weighted by molar-refractivity contribution is 5.79. The Bertz CT molecular complexity index is 1080. The van der Waals surface area contributed by atoms with Crippen LogP contribution in [0.25, 0.3) is 5.69 Å². The maximum absolute atomic E-state index is 9.55. The van der Waals surface area contributed by atoms with E-state index in [-0.39, 0.29) is 5.41 Å². The monoisotopic (exact) mass is 429 g/mol. The van der Waals surface area contributed by atoms with Crippen LogP contribution >= 0.6 is 0 Å². The number of aromatic nitrogens is 2. The van der Waals surface area contributed by atoms with Crippen molar-refractivity contribution < 1.29 is 0 Å². The average molecular weight is 430 g/mol. The molecule has 3 rings (SSSR count). The van der Waals surface area contributed by atoms with Gasteiger partial charge in [-0.1, -0.05) is 62.4 Å². The number of aryl methyl sites for hydroxylation is 1. The second kappa shape index (κ2) is 10.5. The highest BCUT2D eigenvalue weighted by Gasteiger charge is 2.20. The minimum absolute atomic E-state index is 0.0254. The van der Waals surface area contributed by atoms with Crippen molar-refractivity contribution in [1.82, 2.24) is 20.4 Å². The van der Waals surface area contributed by atoms with Crippen LogP contribution in [0.5, 0.6) is 0 Å². The van der Waals surface area contributed by atoms with Gasteiger partial charge in [-0.25, -0.2) is 4.68 Å². The number of nitrogens with zero attached hydrogens (tertiary/aromatic N) is 4. The second-order valence-corrected chi connectivity index (χ2v) is 8.27. The van der Waals surface area contributed by atoms with Gasteiger partial charge in [-0.15, -0.1) is 0 Å². The van der Waals surface area contributed by atoms with E-state index in [9.17, 15) is 5.26 Å². The smallest absolute Gasteiger partial charge is 0.191 e. The Labute approximate surface area is 190 Å². The number of para-hydroxylation sites is 1. The molecule has 0 unspecified atom stereocenters. The largest absolute Gasteiger partial charge is 0.382 e. The molecule has 0 spiro atoms. The maximum Gasteiger partial charge on any atom is 0.191 e. The van der Waals surface area contributed by atoms with Crippen LogP contribution in [0.2, 0.25) is 0 Å². The summed E-state index contributed by atoms with van der Waals surface area (Å²) in [7, 11) is 1.76. The summed E-state index contributed by atoms with van der Waals surface area (Å²) in [6.07, 6.45) is 1.44. The molecule has 0 aliphatic carbocycles. The quantitative estimate of drug-likeness (QED) is 0.289. The van der Waals surface area contributed by atoms with Crippen molar-refractivity contribution >= 4 is 11.8 Å². The predicted octanol–water partition coefficient (Wildman–Crippen LogP) is 3.40. The Morgan fingerprint density at radius 3 is 2.38 bits per heavy atom. The topological polar surface area (TPSA) is 104 Å². The standard InChI is InChI=1S/C25H31N7/c1-25(2,19-11-6-4-7-12-19)18-30-24(28-3)29-16-10-15-22-21(17-26)23(27)32(31-22)20-13-8-5-9-14-20/h4-9,11-14H,10,15-16,18,27H2,1-3H3,(H2,28,29,30). The van der Waals surface area contributed by atoms with Crippen LogP contribution in [0, 0.1) is 11.3 Å². The van der Waals surface area contributed by atoms with Crippen molar-refractivity contribution in [3.63, 3.8) is 0 Å². The molecule has 0 bridgehead atoms. The molecular weight excluding hydrogens is 398 g/mol. The number of hydrogen-bond acceptors (Lipinski definition) is 4. The molecule has 0 fully saturated rings. The normalized spacial score (nSPS) is 11.8. The number of nitriles is 1. The minimum atomic E-state index is -0.0254. The first-order valence-electron chi connectivity index (χ1n) is 10.8. The molecule has 0 saturated heterocycles. The van der Waals surface area contributed by atoms with Gasteiger partial charge in [0.25, 0.3) is 0 Å². The molecule has 0 aliphatic heterocycles. The lowest BCUT2D eigenvalue weighted by Gasteiger charge is -2.26. The molecule has 1 heterocycles. The lowest BCUT2D eigenvalue weighted by atomic mass is 9.85. The molecular formula is C25H31N7. The van der Waals surface area contributed by atoms with Gasteiger partial charge in [-0.2, -0.15) is 10.4 Å². The van der Waals surface area contributed by atoms with Gasteiger partial charge in [0.15, 0.2) is 5.96 Å². The minimum Gasteiger partial charge on any atom is -0.382 e. The molecule has 32 heavy (non-hydrogen) atoms. The van der Waals surface area contributed by atoms with Crippen molar-refractivity contribution in [1.29, 1.82) is 5.26 Å². The Kier molecular flexibility index (Phi) is 7.50. The highest BCUT2D eigenvalue weighted by atomic mass is 15.3. The zero-order valence-corrected chi connectivity index (χ0v) is 19.0. The number of anilines is 1. The predicted molar refractivity (Wildman–Crippen MR) is 130 cm³/mol. The lowest BCUT2D eigenvalue weighted by Crippen LogP contribution is -2.43. The number of nitrogens with one attached hydrogen (secondary N) is 2. The molecule has 0 aliphatic rings. The fourth-order valence-corrected chi connectivity index (χ4v) is 3.52. The summed E-state index contributed by atoms with van der Waals surface area (Å²) in [4.78, 5) is 4.32. The number of guanidine groups is 1. The summed E-state index contributed by atoms with van der Waals surface area (Å²) in [6, 6.07) is 22.3. The van der Waals surface area contributed by atoms with E-state index >= 15 is 0 Å². The van der Waals surface area contributed by atoms with E-state index < -0.39 is 0 Å². The van der Waals surface area contributed by atoms with Crippen molar-refractivity contribution in [3.05, 3.63) is 77.5 Å². The maximum atomic E-state index is 9.55.